The van der Waals surface area contributed by atoms with Crippen LogP contribution in [-0.2, 0) is 16.4 Å². The van der Waals surface area contributed by atoms with Crippen LogP contribution < -0.4 is 9.47 Å². The first-order chi connectivity index (χ1) is 13.1. The largest absolute Gasteiger partial charge is 0.493 e. The standard InChI is InChI=1S/C19H19NO4S3/c1-23-15-11-13-7-8-20(27(21,22)18-6-4-10-26-18)19(17-5-3-9-25-17)14(13)12-16(15)24-2/h3-6,9-12,19H,7-8H2,1-2H3/t19-/m0/s1. The zero-order valence-electron chi connectivity index (χ0n) is 14.9. The molecular formula is C19H19NO4S3. The van der Waals surface area contributed by atoms with Gasteiger partial charge in [0.2, 0.25) is 0 Å². The molecule has 0 aliphatic carbocycles. The molecule has 0 saturated carbocycles. The Bertz CT molecular complexity index is 1030. The quantitative estimate of drug-likeness (QED) is 0.621. The smallest absolute Gasteiger partial charge is 0.253 e. The summed E-state index contributed by atoms with van der Waals surface area (Å²) < 4.78 is 39.5. The lowest BCUT2D eigenvalue weighted by Gasteiger charge is -2.36. The minimum absolute atomic E-state index is 0.369. The average molecular weight is 422 g/mol. The molecule has 0 N–H and O–H groups in total. The third kappa shape index (κ3) is 3.16. The Morgan fingerprint density at radius 3 is 2.37 bits per heavy atom. The van der Waals surface area contributed by atoms with Crippen LogP contribution in [0.1, 0.15) is 22.0 Å². The van der Waals surface area contributed by atoms with Crippen molar-refractivity contribution in [1.82, 2.24) is 4.31 Å². The summed E-state index contributed by atoms with van der Waals surface area (Å²) >= 11 is 2.81. The molecular weight excluding hydrogens is 402 g/mol. The number of sulfonamides is 1. The van der Waals surface area contributed by atoms with E-state index in [1.807, 2.05) is 29.6 Å². The van der Waals surface area contributed by atoms with E-state index in [1.54, 1.807) is 47.4 Å². The number of ether oxygens (including phenoxy) is 2. The van der Waals surface area contributed by atoms with Gasteiger partial charge in [-0.05, 0) is 52.6 Å². The lowest BCUT2D eigenvalue weighted by Crippen LogP contribution is -2.40. The summed E-state index contributed by atoms with van der Waals surface area (Å²) in [6.07, 6.45) is 0.627. The van der Waals surface area contributed by atoms with Crippen LogP contribution in [0.15, 0.2) is 51.4 Å². The van der Waals surface area contributed by atoms with Crippen LogP contribution in [0, 0.1) is 0 Å². The summed E-state index contributed by atoms with van der Waals surface area (Å²) in [4.78, 5) is 0.989. The molecule has 142 valence electrons. The molecule has 2 aromatic heterocycles. The maximum absolute atomic E-state index is 13.3. The van der Waals surface area contributed by atoms with E-state index in [9.17, 15) is 8.42 Å². The Kier molecular flexibility index (Phi) is 4.98. The molecule has 0 radical (unpaired) electrons. The molecule has 5 nitrogen and oxygen atoms in total. The summed E-state index contributed by atoms with van der Waals surface area (Å²) in [7, 11) is -0.386. The van der Waals surface area contributed by atoms with Crippen molar-refractivity contribution in [2.75, 3.05) is 20.8 Å². The van der Waals surface area contributed by atoms with E-state index < -0.39 is 10.0 Å². The molecule has 0 unspecified atom stereocenters. The predicted octanol–water partition coefficient (Wildman–Crippen LogP) is 4.16. The van der Waals surface area contributed by atoms with Gasteiger partial charge in [-0.2, -0.15) is 4.31 Å². The van der Waals surface area contributed by atoms with Gasteiger partial charge < -0.3 is 9.47 Å². The zero-order chi connectivity index (χ0) is 19.0. The van der Waals surface area contributed by atoms with Crippen molar-refractivity contribution in [2.24, 2.45) is 0 Å². The Morgan fingerprint density at radius 2 is 1.74 bits per heavy atom. The summed E-state index contributed by atoms with van der Waals surface area (Å²) in [5.41, 5.74) is 2.03. The summed E-state index contributed by atoms with van der Waals surface area (Å²) in [6, 6.07) is 10.9. The van der Waals surface area contributed by atoms with Crippen LogP contribution in [0.2, 0.25) is 0 Å². The Labute approximate surface area is 166 Å². The maximum Gasteiger partial charge on any atom is 0.253 e. The van der Waals surface area contributed by atoms with Crippen LogP contribution in [-0.4, -0.2) is 33.5 Å². The molecule has 1 atom stereocenters. The van der Waals surface area contributed by atoms with E-state index in [2.05, 4.69) is 0 Å². The fourth-order valence-electron chi connectivity index (χ4n) is 3.45. The first kappa shape index (κ1) is 18.5. The van der Waals surface area contributed by atoms with Crippen molar-refractivity contribution in [3.8, 4) is 11.5 Å². The Balaban J connectivity index is 1.89. The van der Waals surface area contributed by atoms with Crippen molar-refractivity contribution in [1.29, 1.82) is 0 Å². The summed E-state index contributed by atoms with van der Waals surface area (Å²) in [5, 5.41) is 3.76. The molecule has 0 saturated heterocycles. The molecule has 3 heterocycles. The first-order valence-corrected chi connectivity index (χ1v) is 11.6. The van der Waals surface area contributed by atoms with Gasteiger partial charge in [0.25, 0.3) is 10.0 Å². The van der Waals surface area contributed by atoms with Gasteiger partial charge in [0, 0.05) is 11.4 Å². The molecule has 3 aromatic rings. The molecule has 1 aliphatic heterocycles. The SMILES string of the molecule is COc1cc2c(cc1OC)[C@@H](c1cccs1)N(S(=O)(=O)c1cccs1)CC2. The van der Waals surface area contributed by atoms with Crippen molar-refractivity contribution in [3.05, 3.63) is 63.2 Å². The monoisotopic (exact) mass is 421 g/mol. The average Bonchev–Trinajstić information content (AvgIpc) is 3.39. The number of hydrogen-bond acceptors (Lipinski definition) is 6. The molecule has 27 heavy (non-hydrogen) atoms. The van der Waals surface area contributed by atoms with E-state index in [0.29, 0.717) is 28.7 Å². The third-order valence-corrected chi connectivity index (χ3v) is 8.86. The first-order valence-electron chi connectivity index (χ1n) is 8.40. The molecule has 1 aromatic carbocycles. The van der Waals surface area contributed by atoms with E-state index in [-0.39, 0.29) is 6.04 Å². The van der Waals surface area contributed by atoms with Crippen LogP contribution >= 0.6 is 22.7 Å². The number of thiophene rings is 2. The number of hydrogen-bond donors (Lipinski definition) is 0. The van der Waals surface area contributed by atoms with Gasteiger partial charge in [0.15, 0.2) is 11.5 Å². The second-order valence-electron chi connectivity index (χ2n) is 6.12. The molecule has 4 rings (SSSR count). The number of nitrogens with zero attached hydrogens (tertiary/aromatic N) is 1. The second-order valence-corrected chi connectivity index (χ2v) is 10.2. The van der Waals surface area contributed by atoms with Gasteiger partial charge in [-0.1, -0.05) is 12.1 Å². The molecule has 0 amide bonds. The number of benzene rings is 1. The highest BCUT2D eigenvalue weighted by Gasteiger charge is 2.39. The van der Waals surface area contributed by atoms with Crippen LogP contribution in [0.25, 0.3) is 0 Å². The van der Waals surface area contributed by atoms with Crippen molar-refractivity contribution < 1.29 is 17.9 Å². The van der Waals surface area contributed by atoms with Crippen LogP contribution in [0.5, 0.6) is 11.5 Å². The minimum Gasteiger partial charge on any atom is -0.493 e. The highest BCUT2D eigenvalue weighted by molar-refractivity contribution is 7.91. The van der Waals surface area contributed by atoms with E-state index in [0.717, 1.165) is 16.0 Å². The van der Waals surface area contributed by atoms with Gasteiger partial charge in [0.1, 0.15) is 4.21 Å². The summed E-state index contributed by atoms with van der Waals surface area (Å²) in [5.74, 6) is 1.27. The van der Waals surface area contributed by atoms with E-state index in [1.165, 1.54) is 11.3 Å². The number of rotatable bonds is 5. The van der Waals surface area contributed by atoms with Gasteiger partial charge in [-0.15, -0.1) is 22.7 Å². The normalized spacial score (nSPS) is 17.5. The molecule has 8 heteroatoms. The van der Waals surface area contributed by atoms with Crippen LogP contribution in [0.4, 0.5) is 0 Å². The van der Waals surface area contributed by atoms with Gasteiger partial charge in [-0.25, -0.2) is 8.42 Å². The fourth-order valence-corrected chi connectivity index (χ4v) is 7.08. The van der Waals surface area contributed by atoms with Gasteiger partial charge in [0.05, 0.1) is 20.3 Å². The van der Waals surface area contributed by atoms with Crippen molar-refractivity contribution in [3.63, 3.8) is 0 Å². The van der Waals surface area contributed by atoms with Gasteiger partial charge in [-0.3, -0.25) is 0 Å². The maximum atomic E-state index is 13.3. The topological polar surface area (TPSA) is 55.8 Å². The number of fused-ring (bicyclic) bond motifs is 1. The predicted molar refractivity (Wildman–Crippen MR) is 108 cm³/mol. The summed E-state index contributed by atoms with van der Waals surface area (Å²) in [6.45, 7) is 0.422. The van der Waals surface area contributed by atoms with Gasteiger partial charge >= 0.3 is 0 Å². The Morgan fingerprint density at radius 1 is 1.04 bits per heavy atom. The van der Waals surface area contributed by atoms with Crippen molar-refractivity contribution >= 4 is 32.7 Å². The lowest BCUT2D eigenvalue weighted by atomic mass is 9.92. The molecule has 0 bridgehead atoms. The fraction of sp³-hybridized carbons (Fsp3) is 0.263. The lowest BCUT2D eigenvalue weighted by molar-refractivity contribution is 0.334. The second kappa shape index (κ2) is 7.27. The van der Waals surface area contributed by atoms with Crippen molar-refractivity contribution in [2.45, 2.75) is 16.7 Å². The van der Waals surface area contributed by atoms with E-state index in [4.69, 9.17) is 9.47 Å². The highest BCUT2D eigenvalue weighted by Crippen LogP contribution is 2.44. The Hall–Kier alpha value is -1.87. The van der Waals surface area contributed by atoms with E-state index >= 15 is 0 Å². The minimum atomic E-state index is -3.59. The molecule has 1 aliphatic rings. The molecule has 0 spiro atoms. The third-order valence-electron chi connectivity index (χ3n) is 4.70. The molecule has 0 fully saturated rings. The van der Waals surface area contributed by atoms with Crippen LogP contribution in [0.3, 0.4) is 0 Å². The number of methoxy groups -OCH3 is 2. The zero-order valence-corrected chi connectivity index (χ0v) is 17.4. The highest BCUT2D eigenvalue weighted by atomic mass is 32.2.